The van der Waals surface area contributed by atoms with E-state index >= 15 is 0 Å². The largest absolute Gasteiger partial charge is 0.386 e. The molecular weight excluding hydrogens is 172 g/mol. The van der Waals surface area contributed by atoms with Crippen LogP contribution < -0.4 is 5.73 Å². The van der Waals surface area contributed by atoms with Gasteiger partial charge in [-0.05, 0) is 12.8 Å². The number of nitrogens with two attached hydrogens (primary N) is 1. The number of aromatic nitrogens is 1. The van der Waals surface area contributed by atoms with Gasteiger partial charge in [0.05, 0.1) is 16.1 Å². The monoisotopic (exact) mass is 184 g/mol. The van der Waals surface area contributed by atoms with Crippen molar-refractivity contribution in [3.63, 3.8) is 0 Å². The number of rotatable bonds is 3. The number of aliphatic hydroxyl groups excluding tert-OH is 1. The fraction of sp³-hybridized carbons (Fsp3) is 0.625. The second-order valence-corrected chi connectivity index (χ2v) is 4.01. The fourth-order valence-electron chi connectivity index (χ4n) is 1.28. The van der Waals surface area contributed by atoms with Crippen molar-refractivity contribution in [3.8, 4) is 0 Å². The lowest BCUT2D eigenvalue weighted by Gasteiger charge is -2.05. The Labute approximate surface area is 75.2 Å². The van der Waals surface area contributed by atoms with Crippen molar-refractivity contribution >= 4 is 11.3 Å². The van der Waals surface area contributed by atoms with Gasteiger partial charge in [0.2, 0.25) is 0 Å². The van der Waals surface area contributed by atoms with E-state index in [1.54, 1.807) is 5.51 Å². The molecule has 0 aromatic carbocycles. The van der Waals surface area contributed by atoms with Crippen LogP contribution in [0.2, 0.25) is 0 Å². The summed E-state index contributed by atoms with van der Waals surface area (Å²) < 4.78 is 0. The van der Waals surface area contributed by atoms with Crippen LogP contribution in [0.15, 0.2) is 5.51 Å². The molecule has 12 heavy (non-hydrogen) atoms. The van der Waals surface area contributed by atoms with Crippen LogP contribution in [0.3, 0.4) is 0 Å². The molecule has 1 fully saturated rings. The zero-order chi connectivity index (χ0) is 8.55. The van der Waals surface area contributed by atoms with E-state index in [1.807, 2.05) is 0 Å². The molecule has 1 aliphatic carbocycles. The first kappa shape index (κ1) is 8.16. The third-order valence-electron chi connectivity index (χ3n) is 2.11. The van der Waals surface area contributed by atoms with Crippen LogP contribution in [-0.2, 0) is 0 Å². The maximum atomic E-state index is 9.52. The Morgan fingerprint density at radius 1 is 1.75 bits per heavy atom. The average molecular weight is 184 g/mol. The van der Waals surface area contributed by atoms with Gasteiger partial charge in [-0.1, -0.05) is 0 Å². The predicted molar refractivity (Wildman–Crippen MR) is 48.1 cm³/mol. The number of hydrogen-bond donors (Lipinski definition) is 2. The van der Waals surface area contributed by atoms with Crippen LogP contribution in [0.5, 0.6) is 0 Å². The highest BCUT2D eigenvalue weighted by Gasteiger charge is 2.29. The molecule has 66 valence electrons. The molecule has 0 aliphatic heterocycles. The van der Waals surface area contributed by atoms with Crippen LogP contribution in [0.4, 0.5) is 0 Å². The van der Waals surface area contributed by atoms with Crippen molar-refractivity contribution < 1.29 is 5.11 Å². The van der Waals surface area contributed by atoms with Crippen molar-refractivity contribution in [2.24, 2.45) is 5.73 Å². The lowest BCUT2D eigenvalue weighted by molar-refractivity contribution is 0.189. The second-order valence-electron chi connectivity index (χ2n) is 3.13. The first-order chi connectivity index (χ1) is 5.83. The SMILES string of the molecule is NCC(O)c1scnc1C1CC1. The maximum Gasteiger partial charge on any atom is 0.102 e. The minimum atomic E-state index is -0.506. The van der Waals surface area contributed by atoms with Gasteiger partial charge in [-0.25, -0.2) is 4.98 Å². The molecular formula is C8H12N2OS. The van der Waals surface area contributed by atoms with Crippen molar-refractivity contribution in [1.82, 2.24) is 4.98 Å². The molecule has 1 unspecified atom stereocenters. The molecule has 3 nitrogen and oxygen atoms in total. The number of aliphatic hydroxyl groups is 1. The summed E-state index contributed by atoms with van der Waals surface area (Å²) >= 11 is 1.51. The Bertz CT molecular complexity index is 270. The Morgan fingerprint density at radius 2 is 2.50 bits per heavy atom. The molecule has 0 amide bonds. The quantitative estimate of drug-likeness (QED) is 0.737. The fourth-order valence-corrected chi connectivity index (χ4v) is 2.16. The van der Waals surface area contributed by atoms with E-state index in [0.29, 0.717) is 12.5 Å². The molecule has 1 heterocycles. The van der Waals surface area contributed by atoms with E-state index in [0.717, 1.165) is 10.6 Å². The van der Waals surface area contributed by atoms with E-state index in [-0.39, 0.29) is 0 Å². The summed E-state index contributed by atoms with van der Waals surface area (Å²) in [6.45, 7) is 0.294. The van der Waals surface area contributed by atoms with Gasteiger partial charge < -0.3 is 10.8 Å². The van der Waals surface area contributed by atoms with E-state index in [1.165, 1.54) is 24.2 Å². The van der Waals surface area contributed by atoms with Gasteiger partial charge >= 0.3 is 0 Å². The molecule has 1 saturated carbocycles. The van der Waals surface area contributed by atoms with Crippen LogP contribution >= 0.6 is 11.3 Å². The average Bonchev–Trinajstić information content (AvgIpc) is 2.83. The van der Waals surface area contributed by atoms with Crippen LogP contribution in [0.25, 0.3) is 0 Å². The summed E-state index contributed by atoms with van der Waals surface area (Å²) in [4.78, 5) is 5.22. The Morgan fingerprint density at radius 3 is 3.08 bits per heavy atom. The molecule has 0 spiro atoms. The standard InChI is InChI=1S/C8H12N2OS/c9-3-6(11)8-7(5-1-2-5)10-4-12-8/h4-6,11H,1-3,9H2. The van der Waals surface area contributed by atoms with E-state index in [2.05, 4.69) is 4.98 Å². The zero-order valence-electron chi connectivity index (χ0n) is 6.73. The molecule has 0 saturated heterocycles. The smallest absolute Gasteiger partial charge is 0.102 e. The minimum Gasteiger partial charge on any atom is -0.386 e. The summed E-state index contributed by atoms with van der Waals surface area (Å²) in [5.41, 5.74) is 8.26. The van der Waals surface area contributed by atoms with Crippen LogP contribution in [0, 0.1) is 0 Å². The van der Waals surface area contributed by atoms with Crippen molar-refractivity contribution in [2.45, 2.75) is 24.9 Å². The molecule has 1 atom stereocenters. The molecule has 4 heteroatoms. The topological polar surface area (TPSA) is 59.1 Å². The van der Waals surface area contributed by atoms with E-state index in [9.17, 15) is 5.11 Å². The first-order valence-electron chi connectivity index (χ1n) is 4.14. The Kier molecular flexibility index (Phi) is 2.12. The normalized spacial score (nSPS) is 19.5. The summed E-state index contributed by atoms with van der Waals surface area (Å²) in [7, 11) is 0. The van der Waals surface area contributed by atoms with Crippen molar-refractivity contribution in [3.05, 3.63) is 16.1 Å². The molecule has 3 N–H and O–H groups in total. The van der Waals surface area contributed by atoms with Gasteiger partial charge in [0.1, 0.15) is 6.10 Å². The van der Waals surface area contributed by atoms with Crippen molar-refractivity contribution in [2.75, 3.05) is 6.54 Å². The highest BCUT2D eigenvalue weighted by Crippen LogP contribution is 2.43. The molecule has 0 bridgehead atoms. The lowest BCUT2D eigenvalue weighted by atomic mass is 10.2. The Hall–Kier alpha value is -0.450. The summed E-state index contributed by atoms with van der Waals surface area (Å²) in [6, 6.07) is 0. The van der Waals surface area contributed by atoms with E-state index < -0.39 is 6.10 Å². The van der Waals surface area contributed by atoms with Gasteiger partial charge in [0, 0.05) is 12.5 Å². The summed E-state index contributed by atoms with van der Waals surface area (Å²) in [6.07, 6.45) is 1.93. The van der Waals surface area contributed by atoms with Gasteiger partial charge in [-0.15, -0.1) is 11.3 Å². The third kappa shape index (κ3) is 1.37. The molecule has 1 aromatic heterocycles. The first-order valence-corrected chi connectivity index (χ1v) is 5.02. The lowest BCUT2D eigenvalue weighted by Crippen LogP contribution is -2.11. The second kappa shape index (κ2) is 3.12. The molecule has 1 aromatic rings. The number of nitrogens with zero attached hydrogens (tertiary/aromatic N) is 1. The molecule has 0 radical (unpaired) electrons. The molecule has 1 aliphatic rings. The van der Waals surface area contributed by atoms with Crippen molar-refractivity contribution in [1.29, 1.82) is 0 Å². The van der Waals surface area contributed by atoms with Crippen LogP contribution in [-0.4, -0.2) is 16.6 Å². The minimum absolute atomic E-state index is 0.294. The summed E-state index contributed by atoms with van der Waals surface area (Å²) in [5.74, 6) is 0.604. The maximum absolute atomic E-state index is 9.52. The number of thiazole rings is 1. The zero-order valence-corrected chi connectivity index (χ0v) is 7.55. The summed E-state index contributed by atoms with van der Waals surface area (Å²) in [5, 5.41) is 9.52. The highest BCUT2D eigenvalue weighted by atomic mass is 32.1. The van der Waals surface area contributed by atoms with Gasteiger partial charge in [0.15, 0.2) is 0 Å². The Balaban J connectivity index is 2.23. The van der Waals surface area contributed by atoms with E-state index in [4.69, 9.17) is 5.73 Å². The van der Waals surface area contributed by atoms with Crippen LogP contribution in [0.1, 0.15) is 35.4 Å². The highest BCUT2D eigenvalue weighted by molar-refractivity contribution is 7.09. The predicted octanol–water partition coefficient (Wildman–Crippen LogP) is 1.01. The van der Waals surface area contributed by atoms with Gasteiger partial charge in [0.25, 0.3) is 0 Å². The van der Waals surface area contributed by atoms with Gasteiger partial charge in [-0.2, -0.15) is 0 Å². The molecule has 2 rings (SSSR count). The van der Waals surface area contributed by atoms with Gasteiger partial charge in [-0.3, -0.25) is 0 Å². The third-order valence-corrected chi connectivity index (χ3v) is 3.06. The number of hydrogen-bond acceptors (Lipinski definition) is 4.